The maximum Gasteiger partial charge on any atom is 0.194 e. The smallest absolute Gasteiger partial charge is 0.194 e. The maximum atomic E-state index is 12.9. The largest absolute Gasteiger partial charge is 0.441 e. The van der Waals surface area contributed by atoms with E-state index in [4.69, 9.17) is 4.42 Å². The second-order valence-electron chi connectivity index (χ2n) is 5.91. The van der Waals surface area contributed by atoms with Gasteiger partial charge in [0.25, 0.3) is 0 Å². The van der Waals surface area contributed by atoms with Gasteiger partial charge in [0, 0.05) is 17.5 Å². The lowest BCUT2D eigenvalue weighted by Gasteiger charge is -2.19. The van der Waals surface area contributed by atoms with Crippen LogP contribution in [0.1, 0.15) is 33.1 Å². The fourth-order valence-electron chi connectivity index (χ4n) is 1.88. The van der Waals surface area contributed by atoms with Crippen molar-refractivity contribution in [3.8, 4) is 11.3 Å². The number of hydrogen-bond donors (Lipinski definition) is 1. The van der Waals surface area contributed by atoms with Crippen LogP contribution in [0.3, 0.4) is 0 Å². The van der Waals surface area contributed by atoms with E-state index in [0.717, 1.165) is 30.8 Å². The summed E-state index contributed by atoms with van der Waals surface area (Å²) in [6.45, 7) is 7.36. The SMILES string of the molecule is CC(C)(C)NCCCc1ncc(-c2ccc(F)cc2)o1. The third-order valence-corrected chi connectivity index (χ3v) is 2.91. The number of benzene rings is 1. The zero-order valence-electron chi connectivity index (χ0n) is 12.2. The third kappa shape index (κ3) is 4.46. The number of rotatable bonds is 5. The number of halogens is 1. The van der Waals surface area contributed by atoms with E-state index >= 15 is 0 Å². The first-order valence-corrected chi connectivity index (χ1v) is 6.90. The normalized spacial score (nSPS) is 11.8. The monoisotopic (exact) mass is 276 g/mol. The summed E-state index contributed by atoms with van der Waals surface area (Å²) in [5, 5.41) is 3.43. The van der Waals surface area contributed by atoms with Gasteiger partial charge in [0.2, 0.25) is 0 Å². The standard InChI is InChI=1S/C16H21FN2O/c1-16(2,3)19-10-4-5-15-18-11-14(20-15)12-6-8-13(17)9-7-12/h6-9,11,19H,4-5,10H2,1-3H3. The number of nitrogens with zero attached hydrogens (tertiary/aromatic N) is 1. The summed E-state index contributed by atoms with van der Waals surface area (Å²) in [7, 11) is 0. The van der Waals surface area contributed by atoms with Crippen LogP contribution < -0.4 is 5.32 Å². The summed E-state index contributed by atoms with van der Waals surface area (Å²) in [6, 6.07) is 6.23. The van der Waals surface area contributed by atoms with Gasteiger partial charge >= 0.3 is 0 Å². The van der Waals surface area contributed by atoms with Crippen molar-refractivity contribution in [1.29, 1.82) is 0 Å². The lowest BCUT2D eigenvalue weighted by atomic mass is 10.1. The second kappa shape index (κ2) is 6.18. The van der Waals surface area contributed by atoms with E-state index < -0.39 is 0 Å². The first-order valence-electron chi connectivity index (χ1n) is 6.90. The zero-order chi connectivity index (χ0) is 14.6. The molecule has 0 saturated heterocycles. The summed E-state index contributed by atoms with van der Waals surface area (Å²) in [4.78, 5) is 4.26. The molecular formula is C16H21FN2O. The van der Waals surface area contributed by atoms with Crippen LogP contribution in [0.2, 0.25) is 0 Å². The highest BCUT2D eigenvalue weighted by Crippen LogP contribution is 2.21. The van der Waals surface area contributed by atoms with Gasteiger partial charge in [-0.15, -0.1) is 0 Å². The van der Waals surface area contributed by atoms with Gasteiger partial charge in [0.1, 0.15) is 5.82 Å². The van der Waals surface area contributed by atoms with E-state index in [0.29, 0.717) is 5.76 Å². The molecule has 4 heteroatoms. The fraction of sp³-hybridized carbons (Fsp3) is 0.438. The van der Waals surface area contributed by atoms with Crippen molar-refractivity contribution in [2.24, 2.45) is 0 Å². The van der Waals surface area contributed by atoms with Crippen LogP contribution in [0.15, 0.2) is 34.9 Å². The van der Waals surface area contributed by atoms with Gasteiger partial charge in [-0.25, -0.2) is 9.37 Å². The molecule has 0 spiro atoms. The number of aryl methyl sites for hydroxylation is 1. The molecule has 0 amide bonds. The van der Waals surface area contributed by atoms with Crippen molar-refractivity contribution in [1.82, 2.24) is 10.3 Å². The highest BCUT2D eigenvalue weighted by atomic mass is 19.1. The Labute approximate surface area is 119 Å². The molecule has 2 aromatic rings. The van der Waals surface area contributed by atoms with Crippen LogP contribution in [0.4, 0.5) is 4.39 Å². The quantitative estimate of drug-likeness (QED) is 0.844. The molecule has 1 aromatic carbocycles. The Balaban J connectivity index is 1.88. The molecule has 0 bridgehead atoms. The van der Waals surface area contributed by atoms with Crippen LogP contribution in [-0.4, -0.2) is 17.1 Å². The van der Waals surface area contributed by atoms with Crippen molar-refractivity contribution in [2.45, 2.75) is 39.2 Å². The van der Waals surface area contributed by atoms with E-state index in [9.17, 15) is 4.39 Å². The summed E-state index contributed by atoms with van der Waals surface area (Å²) in [5.74, 6) is 1.16. The lowest BCUT2D eigenvalue weighted by Crippen LogP contribution is -2.36. The van der Waals surface area contributed by atoms with Gasteiger partial charge in [-0.1, -0.05) is 0 Å². The predicted molar refractivity (Wildman–Crippen MR) is 78.0 cm³/mol. The van der Waals surface area contributed by atoms with Crippen molar-refractivity contribution in [3.05, 3.63) is 42.2 Å². The Morgan fingerprint density at radius 1 is 1.20 bits per heavy atom. The fourth-order valence-corrected chi connectivity index (χ4v) is 1.88. The highest BCUT2D eigenvalue weighted by molar-refractivity contribution is 5.55. The molecular weight excluding hydrogens is 255 g/mol. The molecule has 0 radical (unpaired) electrons. The van der Waals surface area contributed by atoms with Crippen molar-refractivity contribution >= 4 is 0 Å². The second-order valence-corrected chi connectivity index (χ2v) is 5.91. The summed E-state index contributed by atoms with van der Waals surface area (Å²) < 4.78 is 18.5. The van der Waals surface area contributed by atoms with E-state index in [-0.39, 0.29) is 11.4 Å². The molecule has 1 N–H and O–H groups in total. The van der Waals surface area contributed by atoms with Gasteiger partial charge in [0.15, 0.2) is 11.7 Å². The number of hydrogen-bond acceptors (Lipinski definition) is 3. The van der Waals surface area contributed by atoms with Crippen LogP contribution in [0.5, 0.6) is 0 Å². The van der Waals surface area contributed by atoms with E-state index in [1.165, 1.54) is 12.1 Å². The Morgan fingerprint density at radius 3 is 2.55 bits per heavy atom. The van der Waals surface area contributed by atoms with Gasteiger partial charge in [-0.3, -0.25) is 0 Å². The molecule has 3 nitrogen and oxygen atoms in total. The molecule has 0 aliphatic heterocycles. The Kier molecular flexibility index (Phi) is 4.55. The molecule has 0 atom stereocenters. The van der Waals surface area contributed by atoms with Gasteiger partial charge in [-0.2, -0.15) is 0 Å². The minimum atomic E-state index is -0.248. The third-order valence-electron chi connectivity index (χ3n) is 2.91. The molecule has 0 aliphatic carbocycles. The van der Waals surface area contributed by atoms with E-state index in [1.807, 2.05) is 0 Å². The van der Waals surface area contributed by atoms with Crippen LogP contribution >= 0.6 is 0 Å². The van der Waals surface area contributed by atoms with Crippen molar-refractivity contribution < 1.29 is 8.81 Å². The molecule has 1 heterocycles. The lowest BCUT2D eigenvalue weighted by molar-refractivity contribution is 0.412. The highest BCUT2D eigenvalue weighted by Gasteiger charge is 2.09. The molecule has 108 valence electrons. The average molecular weight is 276 g/mol. The maximum absolute atomic E-state index is 12.9. The van der Waals surface area contributed by atoms with Crippen molar-refractivity contribution in [3.63, 3.8) is 0 Å². The van der Waals surface area contributed by atoms with E-state index in [1.54, 1.807) is 18.3 Å². The molecule has 20 heavy (non-hydrogen) atoms. The Bertz CT molecular complexity index is 540. The minimum Gasteiger partial charge on any atom is -0.441 e. The summed E-state index contributed by atoms with van der Waals surface area (Å²) in [6.07, 6.45) is 3.46. The van der Waals surface area contributed by atoms with Crippen molar-refractivity contribution in [2.75, 3.05) is 6.54 Å². The molecule has 2 rings (SSSR count). The van der Waals surface area contributed by atoms with Gasteiger partial charge in [-0.05, 0) is 58.0 Å². The van der Waals surface area contributed by atoms with Crippen LogP contribution in [0.25, 0.3) is 11.3 Å². The topological polar surface area (TPSA) is 38.1 Å². The molecule has 0 saturated carbocycles. The minimum absolute atomic E-state index is 0.135. The first kappa shape index (κ1) is 14.7. The number of oxazole rings is 1. The molecule has 1 aromatic heterocycles. The Morgan fingerprint density at radius 2 is 1.90 bits per heavy atom. The molecule has 0 unspecified atom stereocenters. The number of aromatic nitrogens is 1. The molecule has 0 aliphatic rings. The zero-order valence-corrected chi connectivity index (χ0v) is 12.2. The molecule has 0 fully saturated rings. The summed E-state index contributed by atoms with van der Waals surface area (Å²) in [5.41, 5.74) is 0.980. The van der Waals surface area contributed by atoms with Gasteiger partial charge in [0.05, 0.1) is 6.20 Å². The predicted octanol–water partition coefficient (Wildman–Crippen LogP) is 3.80. The van der Waals surface area contributed by atoms with Gasteiger partial charge < -0.3 is 9.73 Å². The Hall–Kier alpha value is -1.68. The van der Waals surface area contributed by atoms with E-state index in [2.05, 4.69) is 31.1 Å². The average Bonchev–Trinajstić information content (AvgIpc) is 2.83. The summed E-state index contributed by atoms with van der Waals surface area (Å²) >= 11 is 0. The van der Waals surface area contributed by atoms with Crippen LogP contribution in [0, 0.1) is 5.82 Å². The van der Waals surface area contributed by atoms with Crippen LogP contribution in [-0.2, 0) is 6.42 Å². The number of nitrogens with one attached hydrogen (secondary N) is 1. The first-order chi connectivity index (χ1) is 9.44.